The van der Waals surface area contributed by atoms with Gasteiger partial charge in [0, 0.05) is 13.0 Å². The number of aliphatic hydroxyl groups is 1. The number of esters is 1. The highest BCUT2D eigenvalue weighted by molar-refractivity contribution is 6.34. The number of nitrogens with one attached hydrogen (secondary N) is 1. The molecule has 3 amide bonds. The van der Waals surface area contributed by atoms with Gasteiger partial charge in [-0.3, -0.25) is 19.2 Å². The molecule has 11 heteroatoms. The zero-order valence-electron chi connectivity index (χ0n) is 29.1. The third kappa shape index (κ3) is 6.33. The van der Waals surface area contributed by atoms with Gasteiger partial charge in [0.15, 0.2) is 0 Å². The molecular formula is C41H42ClN3O7. The predicted molar refractivity (Wildman–Crippen MR) is 195 cm³/mol. The molecule has 0 saturated carbocycles. The highest BCUT2D eigenvalue weighted by atomic mass is 35.5. The van der Waals surface area contributed by atoms with Gasteiger partial charge in [0.1, 0.15) is 23.7 Å². The van der Waals surface area contributed by atoms with E-state index in [9.17, 15) is 19.5 Å². The van der Waals surface area contributed by atoms with Crippen molar-refractivity contribution in [2.24, 2.45) is 11.8 Å². The van der Waals surface area contributed by atoms with Crippen LogP contribution in [0.4, 0.5) is 5.69 Å². The maximum atomic E-state index is 15.3. The number of carbonyl (C=O) groups is 4. The maximum absolute atomic E-state index is 15.3. The lowest BCUT2D eigenvalue weighted by atomic mass is 9.74. The number of aryl methyl sites for hydroxylation is 1. The molecular weight excluding hydrogens is 682 g/mol. The summed E-state index contributed by atoms with van der Waals surface area (Å²) < 4.78 is 12.9. The van der Waals surface area contributed by atoms with Crippen LogP contribution < -0.4 is 10.2 Å². The Morgan fingerprint density at radius 2 is 1.69 bits per heavy atom. The molecule has 0 aliphatic carbocycles. The lowest BCUT2D eigenvalue weighted by molar-refractivity contribution is -0.161. The minimum Gasteiger partial charge on any atom is -0.455 e. The molecule has 7 rings (SSSR count). The van der Waals surface area contributed by atoms with Crippen molar-refractivity contribution in [1.82, 2.24) is 10.2 Å². The molecule has 5 bridgehead atoms. The number of allylic oxidation sites excluding steroid dienone is 1. The lowest BCUT2D eigenvalue weighted by Gasteiger charge is -2.39. The second-order valence-electron chi connectivity index (χ2n) is 14.0. The zero-order chi connectivity index (χ0) is 36.6. The van der Waals surface area contributed by atoms with E-state index >= 15 is 4.79 Å². The molecule has 2 N–H and O–H groups in total. The molecule has 52 heavy (non-hydrogen) atoms. The summed E-state index contributed by atoms with van der Waals surface area (Å²) in [5, 5.41) is 14.2. The Morgan fingerprint density at radius 3 is 2.40 bits per heavy atom. The summed E-state index contributed by atoms with van der Waals surface area (Å²) in [5.41, 5.74) is 1.22. The second kappa shape index (κ2) is 14.7. The van der Waals surface area contributed by atoms with Gasteiger partial charge in [0.25, 0.3) is 5.91 Å². The Balaban J connectivity index is 1.37. The highest BCUT2D eigenvalue weighted by Crippen LogP contribution is 2.56. The molecule has 8 atom stereocenters. The molecule has 4 heterocycles. The van der Waals surface area contributed by atoms with Crippen molar-refractivity contribution in [3.05, 3.63) is 125 Å². The van der Waals surface area contributed by atoms with Gasteiger partial charge in [0.2, 0.25) is 11.8 Å². The quantitative estimate of drug-likeness (QED) is 0.275. The molecule has 2 fully saturated rings. The van der Waals surface area contributed by atoms with Crippen LogP contribution in [0.2, 0.25) is 5.02 Å². The fourth-order valence-electron chi connectivity index (χ4n) is 8.31. The van der Waals surface area contributed by atoms with E-state index in [1.54, 1.807) is 31.2 Å². The molecule has 10 nitrogen and oxygen atoms in total. The summed E-state index contributed by atoms with van der Waals surface area (Å²) in [6.07, 6.45) is 6.23. The smallest absolute Gasteiger partial charge is 0.313 e. The van der Waals surface area contributed by atoms with Gasteiger partial charge in [-0.05, 0) is 49.4 Å². The number of fused-ring (bicyclic) bond motifs is 2. The number of para-hydroxylation sites is 1. The number of benzene rings is 3. The Bertz CT molecular complexity index is 1880. The Morgan fingerprint density at radius 1 is 0.962 bits per heavy atom. The van der Waals surface area contributed by atoms with Crippen molar-refractivity contribution in [3.8, 4) is 0 Å². The predicted octanol–water partition coefficient (Wildman–Crippen LogP) is 4.87. The number of cyclic esters (lactones) is 1. The van der Waals surface area contributed by atoms with Gasteiger partial charge >= 0.3 is 5.97 Å². The molecule has 3 aromatic carbocycles. The third-order valence-electron chi connectivity index (χ3n) is 10.7. The standard InChI is InChI=1S/C41H42ClN3O7/c1-25-13-12-18-30(42)35(25)44-22-11-5-10-19-32(47)43-26(2)36(28-16-8-4-9-17-28)51-40(50)33-31-20-21-41(52-31)34(33)38(48)45(37(41)39(44)49)29(24-46)23-27-14-6-3-7-15-27/h3-9,11-18,20-21,26,29,31,33-34,36-37,46H,10,19,22-24H2,1-2H3,(H,43,47)/b11-5-/t26-,29-,31+,33-,34-,36+,37+,41-/m1/s1. The molecule has 4 aliphatic rings. The molecule has 0 radical (unpaired) electrons. The Labute approximate surface area is 308 Å². The molecule has 3 aromatic rings. The van der Waals surface area contributed by atoms with Gasteiger partial charge in [-0.15, -0.1) is 0 Å². The first kappa shape index (κ1) is 35.6. The third-order valence-corrected chi connectivity index (χ3v) is 11.0. The van der Waals surface area contributed by atoms with E-state index in [-0.39, 0.29) is 25.3 Å². The van der Waals surface area contributed by atoms with E-state index in [1.165, 1.54) is 9.80 Å². The topological polar surface area (TPSA) is 125 Å². The molecule has 1 spiro atoms. The number of ether oxygens (including phenoxy) is 2. The van der Waals surface area contributed by atoms with Gasteiger partial charge in [-0.1, -0.05) is 109 Å². The van der Waals surface area contributed by atoms with Crippen molar-refractivity contribution >= 4 is 41.0 Å². The van der Waals surface area contributed by atoms with Crippen molar-refractivity contribution < 1.29 is 33.8 Å². The fraction of sp³-hybridized carbons (Fsp3) is 0.366. The minimum atomic E-state index is -1.53. The summed E-state index contributed by atoms with van der Waals surface area (Å²) >= 11 is 6.80. The number of amides is 3. The van der Waals surface area contributed by atoms with Crippen LogP contribution in [0.5, 0.6) is 0 Å². The number of nitrogens with zero attached hydrogens (tertiary/aromatic N) is 2. The van der Waals surface area contributed by atoms with E-state index < -0.39 is 72.2 Å². The second-order valence-corrected chi connectivity index (χ2v) is 14.4. The van der Waals surface area contributed by atoms with Crippen molar-refractivity contribution in [2.75, 3.05) is 18.1 Å². The average Bonchev–Trinajstić information content (AvgIpc) is 3.79. The minimum absolute atomic E-state index is 0.0812. The van der Waals surface area contributed by atoms with E-state index in [0.29, 0.717) is 22.7 Å². The number of aliphatic hydroxyl groups excluding tert-OH is 1. The van der Waals surface area contributed by atoms with Crippen molar-refractivity contribution in [1.29, 1.82) is 0 Å². The summed E-state index contributed by atoms with van der Waals surface area (Å²) in [7, 11) is 0. The fourth-order valence-corrected chi connectivity index (χ4v) is 8.63. The molecule has 2 saturated heterocycles. The molecule has 270 valence electrons. The zero-order valence-corrected chi connectivity index (χ0v) is 29.8. The maximum Gasteiger partial charge on any atom is 0.313 e. The highest BCUT2D eigenvalue weighted by Gasteiger charge is 2.74. The number of carbonyl (C=O) groups excluding carboxylic acids is 4. The van der Waals surface area contributed by atoms with Crippen LogP contribution in [0.25, 0.3) is 0 Å². The first-order chi connectivity index (χ1) is 25.1. The van der Waals surface area contributed by atoms with E-state index in [0.717, 1.165) is 11.1 Å². The van der Waals surface area contributed by atoms with E-state index in [4.69, 9.17) is 21.1 Å². The first-order valence-corrected chi connectivity index (χ1v) is 18.1. The summed E-state index contributed by atoms with van der Waals surface area (Å²) in [6.45, 7) is 3.27. The first-order valence-electron chi connectivity index (χ1n) is 17.7. The number of rotatable bonds is 6. The lowest BCUT2D eigenvalue weighted by Crippen LogP contribution is -2.59. The van der Waals surface area contributed by atoms with Crippen LogP contribution in [0.15, 0.2) is 103 Å². The van der Waals surface area contributed by atoms with E-state index in [1.807, 2.05) is 85.8 Å². The number of hydrogen-bond acceptors (Lipinski definition) is 7. The molecule has 0 aromatic heterocycles. The van der Waals surface area contributed by atoms with Crippen LogP contribution in [-0.2, 0) is 35.1 Å². The Hall–Kier alpha value is -4.77. The molecule has 4 aliphatic heterocycles. The number of hydrogen-bond donors (Lipinski definition) is 2. The van der Waals surface area contributed by atoms with Crippen LogP contribution in [0, 0.1) is 18.8 Å². The van der Waals surface area contributed by atoms with Crippen molar-refractivity contribution in [3.63, 3.8) is 0 Å². The monoisotopic (exact) mass is 723 g/mol. The van der Waals surface area contributed by atoms with Crippen LogP contribution in [0.3, 0.4) is 0 Å². The number of halogens is 1. The van der Waals surface area contributed by atoms with Gasteiger partial charge in [-0.2, -0.15) is 0 Å². The normalized spacial score (nSPS) is 30.2. The number of likely N-dealkylation sites (tertiary alicyclic amines) is 1. The summed E-state index contributed by atoms with van der Waals surface area (Å²) in [5.74, 6) is -4.06. The van der Waals surface area contributed by atoms with Crippen LogP contribution >= 0.6 is 11.6 Å². The van der Waals surface area contributed by atoms with Gasteiger partial charge in [-0.25, -0.2) is 0 Å². The summed E-state index contributed by atoms with van der Waals surface area (Å²) in [6, 6.07) is 21.3. The van der Waals surface area contributed by atoms with Gasteiger partial charge in [0.05, 0.1) is 41.4 Å². The average molecular weight is 724 g/mol. The van der Waals surface area contributed by atoms with Gasteiger partial charge < -0.3 is 29.7 Å². The van der Waals surface area contributed by atoms with E-state index in [2.05, 4.69) is 5.32 Å². The number of anilines is 1. The SMILES string of the molecule is Cc1cccc(Cl)c1N1C/C=C\CCC(=O)N[C@H](C)[C@@H](c2ccccc2)OC(=O)[C@@H]2[C@@H]3C=C[C@]4(O3)[C@H](C1=O)N([C@@H](CO)Cc1ccccc1)C(=O)[C@@H]24. The Kier molecular flexibility index (Phi) is 10.1. The van der Waals surface area contributed by atoms with Crippen LogP contribution in [0.1, 0.15) is 42.6 Å². The summed E-state index contributed by atoms with van der Waals surface area (Å²) in [4.78, 5) is 60.8. The molecule has 0 unspecified atom stereocenters. The van der Waals surface area contributed by atoms with Crippen LogP contribution in [-0.4, -0.2) is 76.7 Å². The van der Waals surface area contributed by atoms with Crippen molar-refractivity contribution in [2.45, 2.75) is 69.0 Å². The largest absolute Gasteiger partial charge is 0.455 e.